The molecule has 1 aromatic heterocycles. The summed E-state index contributed by atoms with van der Waals surface area (Å²) >= 11 is 0. The second-order valence-electron chi connectivity index (χ2n) is 2.85. The predicted molar refractivity (Wildman–Crippen MR) is 50.6 cm³/mol. The van der Waals surface area contributed by atoms with Crippen molar-refractivity contribution in [2.45, 2.75) is 27.3 Å². The van der Waals surface area contributed by atoms with E-state index in [2.05, 4.69) is 10.4 Å². The molecule has 0 bridgehead atoms. The monoisotopic (exact) mass is 181 g/mol. The van der Waals surface area contributed by atoms with Gasteiger partial charge >= 0.3 is 0 Å². The molecule has 4 heteroatoms. The first-order valence-corrected chi connectivity index (χ1v) is 4.51. The van der Waals surface area contributed by atoms with Crippen LogP contribution in [0.2, 0.25) is 0 Å². The van der Waals surface area contributed by atoms with Crippen LogP contribution in [0, 0.1) is 6.92 Å². The maximum absolute atomic E-state index is 11.5. The van der Waals surface area contributed by atoms with Crippen LogP contribution in [0.1, 0.15) is 30.0 Å². The van der Waals surface area contributed by atoms with E-state index in [1.807, 2.05) is 20.8 Å². The highest BCUT2D eigenvalue weighted by Crippen LogP contribution is 2.03. The highest BCUT2D eigenvalue weighted by Gasteiger charge is 2.11. The number of carbonyl (C=O) groups is 1. The van der Waals surface area contributed by atoms with Gasteiger partial charge in [-0.3, -0.25) is 9.48 Å². The Morgan fingerprint density at radius 1 is 1.62 bits per heavy atom. The Hall–Kier alpha value is -1.32. The predicted octanol–water partition coefficient (Wildman–Crippen LogP) is 0.961. The molecule has 0 saturated carbocycles. The van der Waals surface area contributed by atoms with Gasteiger partial charge in [-0.1, -0.05) is 0 Å². The van der Waals surface area contributed by atoms with Gasteiger partial charge in [-0.15, -0.1) is 0 Å². The summed E-state index contributed by atoms with van der Waals surface area (Å²) in [5, 5.41) is 6.94. The van der Waals surface area contributed by atoms with Crippen molar-refractivity contribution < 1.29 is 4.79 Å². The number of hydrogen-bond acceptors (Lipinski definition) is 2. The van der Waals surface area contributed by atoms with Crippen molar-refractivity contribution in [2.24, 2.45) is 0 Å². The van der Waals surface area contributed by atoms with Crippen LogP contribution in [0.25, 0.3) is 0 Å². The second-order valence-corrected chi connectivity index (χ2v) is 2.85. The number of carbonyl (C=O) groups excluding carboxylic acids is 1. The van der Waals surface area contributed by atoms with Crippen LogP contribution in [0.4, 0.5) is 0 Å². The van der Waals surface area contributed by atoms with Crippen molar-refractivity contribution in [3.8, 4) is 0 Å². The number of nitrogens with zero attached hydrogens (tertiary/aromatic N) is 2. The van der Waals surface area contributed by atoms with Crippen molar-refractivity contribution in [2.75, 3.05) is 6.54 Å². The molecule has 1 heterocycles. The smallest absolute Gasteiger partial charge is 0.269 e. The van der Waals surface area contributed by atoms with Gasteiger partial charge in [0, 0.05) is 13.1 Å². The van der Waals surface area contributed by atoms with Crippen molar-refractivity contribution >= 4 is 5.91 Å². The van der Waals surface area contributed by atoms with Crippen molar-refractivity contribution in [3.05, 3.63) is 17.5 Å². The molecular weight excluding hydrogens is 166 g/mol. The quantitative estimate of drug-likeness (QED) is 0.755. The van der Waals surface area contributed by atoms with Gasteiger partial charge < -0.3 is 5.32 Å². The highest BCUT2D eigenvalue weighted by atomic mass is 16.2. The molecule has 0 spiro atoms. The summed E-state index contributed by atoms with van der Waals surface area (Å²) in [5.41, 5.74) is 1.52. The highest BCUT2D eigenvalue weighted by molar-refractivity contribution is 5.92. The lowest BCUT2D eigenvalue weighted by Gasteiger charge is -2.03. The molecule has 0 saturated heterocycles. The lowest BCUT2D eigenvalue weighted by Crippen LogP contribution is -2.25. The topological polar surface area (TPSA) is 46.9 Å². The van der Waals surface area contributed by atoms with E-state index in [0.29, 0.717) is 12.2 Å². The number of aromatic nitrogens is 2. The van der Waals surface area contributed by atoms with Gasteiger partial charge in [0.2, 0.25) is 0 Å². The first kappa shape index (κ1) is 9.77. The van der Waals surface area contributed by atoms with Crippen LogP contribution >= 0.6 is 0 Å². The Bertz CT molecular complexity index is 304. The van der Waals surface area contributed by atoms with E-state index in [0.717, 1.165) is 12.2 Å². The molecule has 0 fully saturated rings. The molecule has 1 rings (SSSR count). The minimum absolute atomic E-state index is 0.0510. The van der Waals surface area contributed by atoms with Gasteiger partial charge in [0.1, 0.15) is 5.69 Å². The first-order valence-electron chi connectivity index (χ1n) is 4.51. The van der Waals surface area contributed by atoms with Gasteiger partial charge in [-0.2, -0.15) is 5.10 Å². The van der Waals surface area contributed by atoms with E-state index in [-0.39, 0.29) is 5.91 Å². The van der Waals surface area contributed by atoms with Gasteiger partial charge in [0.05, 0.1) is 5.69 Å². The molecule has 1 N–H and O–H groups in total. The maximum atomic E-state index is 11.5. The molecule has 72 valence electrons. The zero-order valence-corrected chi connectivity index (χ0v) is 8.29. The molecule has 0 unspecified atom stereocenters. The fourth-order valence-corrected chi connectivity index (χ4v) is 1.22. The van der Waals surface area contributed by atoms with E-state index < -0.39 is 0 Å². The van der Waals surface area contributed by atoms with Crippen molar-refractivity contribution in [3.63, 3.8) is 0 Å². The van der Waals surface area contributed by atoms with Gasteiger partial charge in [0.15, 0.2) is 0 Å². The van der Waals surface area contributed by atoms with Crippen LogP contribution in [-0.2, 0) is 6.54 Å². The summed E-state index contributed by atoms with van der Waals surface area (Å²) in [6.45, 7) is 7.12. The van der Waals surface area contributed by atoms with Crippen molar-refractivity contribution in [1.82, 2.24) is 15.1 Å². The van der Waals surface area contributed by atoms with Crippen molar-refractivity contribution in [1.29, 1.82) is 0 Å². The summed E-state index contributed by atoms with van der Waals surface area (Å²) in [5.74, 6) is -0.0510. The largest absolute Gasteiger partial charge is 0.351 e. The molecular formula is C9H15N3O. The lowest BCUT2D eigenvalue weighted by molar-refractivity contribution is 0.0945. The Kier molecular flexibility index (Phi) is 3.06. The normalized spacial score (nSPS) is 10.1. The molecule has 0 radical (unpaired) electrons. The molecule has 0 atom stereocenters. The number of nitrogens with one attached hydrogen (secondary N) is 1. The standard InChI is InChI=1S/C9H15N3O/c1-4-10-9(13)8-6-7(3)11-12(8)5-2/h6H,4-5H2,1-3H3,(H,10,13). The van der Waals surface area contributed by atoms with E-state index in [1.165, 1.54) is 0 Å². The molecule has 1 aromatic rings. The fourth-order valence-electron chi connectivity index (χ4n) is 1.22. The van der Waals surface area contributed by atoms with E-state index in [9.17, 15) is 4.79 Å². The van der Waals surface area contributed by atoms with E-state index >= 15 is 0 Å². The number of aryl methyl sites for hydroxylation is 2. The molecule has 1 amide bonds. The summed E-state index contributed by atoms with van der Waals surface area (Å²) in [6, 6.07) is 1.80. The fraction of sp³-hybridized carbons (Fsp3) is 0.556. The Morgan fingerprint density at radius 2 is 2.31 bits per heavy atom. The van der Waals surface area contributed by atoms with Gasteiger partial charge in [-0.05, 0) is 26.8 Å². The number of rotatable bonds is 3. The molecule has 0 aliphatic carbocycles. The molecule has 0 aromatic carbocycles. The Labute approximate surface area is 77.9 Å². The third-order valence-electron chi connectivity index (χ3n) is 1.77. The minimum atomic E-state index is -0.0510. The average Bonchev–Trinajstić information content (AvgIpc) is 2.47. The van der Waals surface area contributed by atoms with E-state index in [4.69, 9.17) is 0 Å². The second kappa shape index (κ2) is 4.07. The summed E-state index contributed by atoms with van der Waals surface area (Å²) < 4.78 is 1.71. The SMILES string of the molecule is CCNC(=O)c1cc(C)nn1CC. The third kappa shape index (κ3) is 2.08. The average molecular weight is 181 g/mol. The van der Waals surface area contributed by atoms with Crippen LogP contribution in [0.5, 0.6) is 0 Å². The van der Waals surface area contributed by atoms with Crippen LogP contribution < -0.4 is 5.32 Å². The third-order valence-corrected chi connectivity index (χ3v) is 1.77. The Morgan fingerprint density at radius 3 is 2.85 bits per heavy atom. The summed E-state index contributed by atoms with van der Waals surface area (Å²) in [4.78, 5) is 11.5. The van der Waals surface area contributed by atoms with Crippen LogP contribution in [-0.4, -0.2) is 22.2 Å². The van der Waals surface area contributed by atoms with Gasteiger partial charge in [0.25, 0.3) is 5.91 Å². The zero-order chi connectivity index (χ0) is 9.84. The first-order chi connectivity index (χ1) is 6.19. The molecule has 13 heavy (non-hydrogen) atoms. The lowest BCUT2D eigenvalue weighted by atomic mass is 10.3. The molecule has 0 aliphatic rings. The molecule has 0 aliphatic heterocycles. The molecule has 4 nitrogen and oxygen atoms in total. The maximum Gasteiger partial charge on any atom is 0.269 e. The number of amides is 1. The number of hydrogen-bond donors (Lipinski definition) is 1. The minimum Gasteiger partial charge on any atom is -0.351 e. The van der Waals surface area contributed by atoms with Crippen LogP contribution in [0.3, 0.4) is 0 Å². The summed E-state index contributed by atoms with van der Waals surface area (Å²) in [6.07, 6.45) is 0. The Balaban J connectivity index is 2.91. The summed E-state index contributed by atoms with van der Waals surface area (Å²) in [7, 11) is 0. The zero-order valence-electron chi connectivity index (χ0n) is 8.29. The van der Waals surface area contributed by atoms with Gasteiger partial charge in [-0.25, -0.2) is 0 Å². The van der Waals surface area contributed by atoms with Crippen LogP contribution in [0.15, 0.2) is 6.07 Å². The van der Waals surface area contributed by atoms with E-state index in [1.54, 1.807) is 10.7 Å².